The minimum absolute atomic E-state index is 0.129. The fourth-order valence-electron chi connectivity index (χ4n) is 2.56. The van der Waals surface area contributed by atoms with Gasteiger partial charge in [0.2, 0.25) is 5.95 Å². The molecule has 1 aromatic heterocycles. The van der Waals surface area contributed by atoms with E-state index in [-0.39, 0.29) is 11.0 Å². The molecule has 1 heterocycles. The molecule has 0 aliphatic rings. The average molecular weight is 405 g/mol. The molecule has 4 nitrogen and oxygen atoms in total. The molecule has 0 bridgehead atoms. The van der Waals surface area contributed by atoms with E-state index < -0.39 is 11.7 Å². The average Bonchev–Trinajstić information content (AvgIpc) is 2.69. The van der Waals surface area contributed by atoms with E-state index in [1.54, 1.807) is 48.4 Å². The van der Waals surface area contributed by atoms with Gasteiger partial charge in [0, 0.05) is 23.3 Å². The van der Waals surface area contributed by atoms with E-state index in [4.69, 9.17) is 4.74 Å². The molecule has 0 aliphatic heterocycles. The first kappa shape index (κ1) is 20.0. The monoisotopic (exact) mass is 405 g/mol. The summed E-state index contributed by atoms with van der Waals surface area (Å²) in [6.45, 7) is 2.38. The summed E-state index contributed by atoms with van der Waals surface area (Å²) in [7, 11) is 1.57. The molecular formula is C20H18F3N3OS. The molecule has 0 saturated heterocycles. The van der Waals surface area contributed by atoms with Crippen LogP contribution >= 0.6 is 11.8 Å². The van der Waals surface area contributed by atoms with Gasteiger partial charge < -0.3 is 9.64 Å². The SMILES string of the molecule is CCN(c1ccc(OC)cc1)c1ncc(C(F)(F)F)c(Sc2ccccc2)n1. The van der Waals surface area contributed by atoms with Crippen molar-refractivity contribution in [1.29, 1.82) is 0 Å². The lowest BCUT2D eigenvalue weighted by Gasteiger charge is -2.22. The van der Waals surface area contributed by atoms with Crippen LogP contribution in [-0.4, -0.2) is 23.6 Å². The topological polar surface area (TPSA) is 38.2 Å². The fourth-order valence-corrected chi connectivity index (χ4v) is 3.48. The maximum absolute atomic E-state index is 13.5. The Hall–Kier alpha value is -2.74. The Morgan fingerprint density at radius 3 is 2.29 bits per heavy atom. The largest absolute Gasteiger partial charge is 0.497 e. The number of aromatic nitrogens is 2. The number of halogens is 3. The van der Waals surface area contributed by atoms with Crippen LogP contribution in [0.1, 0.15) is 12.5 Å². The molecule has 3 aromatic rings. The molecule has 146 valence electrons. The van der Waals surface area contributed by atoms with Crippen molar-refractivity contribution in [3.63, 3.8) is 0 Å². The second kappa shape index (κ2) is 8.52. The van der Waals surface area contributed by atoms with E-state index in [9.17, 15) is 13.2 Å². The van der Waals surface area contributed by atoms with E-state index in [2.05, 4.69) is 9.97 Å². The zero-order chi connectivity index (χ0) is 20.1. The first-order valence-corrected chi connectivity index (χ1v) is 9.32. The zero-order valence-electron chi connectivity index (χ0n) is 15.3. The molecule has 0 unspecified atom stereocenters. The van der Waals surface area contributed by atoms with Crippen LogP contribution in [-0.2, 0) is 6.18 Å². The number of methoxy groups -OCH3 is 1. The number of benzene rings is 2. The maximum atomic E-state index is 13.5. The van der Waals surface area contributed by atoms with E-state index in [1.165, 1.54) is 0 Å². The van der Waals surface area contributed by atoms with E-state index >= 15 is 0 Å². The van der Waals surface area contributed by atoms with Gasteiger partial charge in [0.15, 0.2) is 0 Å². The summed E-state index contributed by atoms with van der Waals surface area (Å²) in [6.07, 6.45) is -3.69. The number of ether oxygens (including phenoxy) is 1. The van der Waals surface area contributed by atoms with Gasteiger partial charge in [-0.25, -0.2) is 9.97 Å². The normalized spacial score (nSPS) is 11.3. The van der Waals surface area contributed by atoms with E-state index in [0.29, 0.717) is 17.2 Å². The number of anilines is 2. The first-order chi connectivity index (χ1) is 13.4. The first-order valence-electron chi connectivity index (χ1n) is 8.51. The molecule has 0 amide bonds. The van der Waals surface area contributed by atoms with Gasteiger partial charge in [0.1, 0.15) is 16.3 Å². The molecule has 0 atom stereocenters. The molecule has 0 saturated carbocycles. The molecule has 0 fully saturated rings. The van der Waals surface area contributed by atoms with Crippen molar-refractivity contribution in [2.45, 2.75) is 23.0 Å². The predicted octanol–water partition coefficient (Wildman–Crippen LogP) is 5.81. The van der Waals surface area contributed by atoms with E-state index in [0.717, 1.165) is 23.6 Å². The van der Waals surface area contributed by atoms with Crippen LogP contribution in [0.3, 0.4) is 0 Å². The lowest BCUT2D eigenvalue weighted by molar-refractivity contribution is -0.140. The third-order valence-corrected chi connectivity index (χ3v) is 4.96. The van der Waals surface area contributed by atoms with Crippen LogP contribution < -0.4 is 9.64 Å². The van der Waals surface area contributed by atoms with Crippen molar-refractivity contribution >= 4 is 23.4 Å². The zero-order valence-corrected chi connectivity index (χ0v) is 16.1. The molecule has 0 spiro atoms. The van der Waals surface area contributed by atoms with Crippen molar-refractivity contribution < 1.29 is 17.9 Å². The highest BCUT2D eigenvalue weighted by molar-refractivity contribution is 7.99. The van der Waals surface area contributed by atoms with Crippen molar-refractivity contribution in [1.82, 2.24) is 9.97 Å². The van der Waals surface area contributed by atoms with Crippen LogP contribution in [0.5, 0.6) is 5.75 Å². The summed E-state index contributed by atoms with van der Waals surface area (Å²) in [5, 5.41) is -0.129. The minimum atomic E-state index is -4.53. The minimum Gasteiger partial charge on any atom is -0.497 e. The highest BCUT2D eigenvalue weighted by Crippen LogP contribution is 2.39. The van der Waals surface area contributed by atoms with Crippen molar-refractivity contribution in [2.24, 2.45) is 0 Å². The lowest BCUT2D eigenvalue weighted by atomic mass is 10.2. The molecule has 0 radical (unpaired) electrons. The quantitative estimate of drug-likeness (QED) is 0.484. The third kappa shape index (κ3) is 4.56. The van der Waals surface area contributed by atoms with Gasteiger partial charge in [-0.3, -0.25) is 0 Å². The van der Waals surface area contributed by atoms with Crippen LogP contribution in [0.25, 0.3) is 0 Å². The van der Waals surface area contributed by atoms with Gasteiger partial charge in [-0.15, -0.1) is 0 Å². The number of nitrogens with zero attached hydrogens (tertiary/aromatic N) is 3. The highest BCUT2D eigenvalue weighted by atomic mass is 32.2. The summed E-state index contributed by atoms with van der Waals surface area (Å²) in [4.78, 5) is 10.7. The predicted molar refractivity (Wildman–Crippen MR) is 103 cm³/mol. The Morgan fingerprint density at radius 1 is 1.04 bits per heavy atom. The van der Waals surface area contributed by atoms with E-state index in [1.807, 2.05) is 25.1 Å². The number of rotatable bonds is 6. The molecule has 2 aromatic carbocycles. The summed E-state index contributed by atoms with van der Waals surface area (Å²) < 4.78 is 45.5. The van der Waals surface area contributed by atoms with Gasteiger partial charge in [-0.2, -0.15) is 13.2 Å². The second-order valence-electron chi connectivity index (χ2n) is 5.74. The van der Waals surface area contributed by atoms with Gasteiger partial charge >= 0.3 is 6.18 Å². The number of hydrogen-bond donors (Lipinski definition) is 0. The summed E-state index contributed by atoms with van der Waals surface area (Å²) in [6, 6.07) is 16.0. The van der Waals surface area contributed by atoms with Crippen LogP contribution in [0.4, 0.5) is 24.8 Å². The summed E-state index contributed by atoms with van der Waals surface area (Å²) in [5.41, 5.74) is -0.0883. The smallest absolute Gasteiger partial charge is 0.420 e. The third-order valence-electron chi connectivity index (χ3n) is 3.95. The molecule has 0 N–H and O–H groups in total. The van der Waals surface area contributed by atoms with Crippen LogP contribution in [0.15, 0.2) is 70.7 Å². The maximum Gasteiger partial charge on any atom is 0.420 e. The summed E-state index contributed by atoms with van der Waals surface area (Å²) >= 11 is 0.967. The Balaban J connectivity index is 2.01. The standard InChI is InChI=1S/C20H18F3N3OS/c1-3-26(14-9-11-15(27-2)12-10-14)19-24-13-17(20(21,22)23)18(25-19)28-16-7-5-4-6-8-16/h4-13H,3H2,1-2H3. The van der Waals surface area contributed by atoms with Gasteiger partial charge in [-0.05, 0) is 43.3 Å². The fraction of sp³-hybridized carbons (Fsp3) is 0.200. The second-order valence-corrected chi connectivity index (χ2v) is 6.81. The molecular weight excluding hydrogens is 387 g/mol. The van der Waals surface area contributed by atoms with Crippen molar-refractivity contribution in [3.05, 3.63) is 66.4 Å². The molecule has 0 aliphatic carbocycles. The van der Waals surface area contributed by atoms with Gasteiger partial charge in [0.05, 0.1) is 7.11 Å². The summed E-state index contributed by atoms with van der Waals surface area (Å²) in [5.74, 6) is 0.896. The lowest BCUT2D eigenvalue weighted by Crippen LogP contribution is -2.20. The Kier molecular flexibility index (Phi) is 6.08. The molecule has 28 heavy (non-hydrogen) atoms. The Morgan fingerprint density at radius 2 is 1.71 bits per heavy atom. The Bertz CT molecular complexity index is 918. The number of hydrogen-bond acceptors (Lipinski definition) is 5. The Labute approximate surface area is 165 Å². The molecule has 3 rings (SSSR count). The van der Waals surface area contributed by atoms with Gasteiger partial charge in [-0.1, -0.05) is 30.0 Å². The number of alkyl halides is 3. The van der Waals surface area contributed by atoms with Crippen molar-refractivity contribution in [2.75, 3.05) is 18.6 Å². The van der Waals surface area contributed by atoms with Gasteiger partial charge in [0.25, 0.3) is 0 Å². The van der Waals surface area contributed by atoms with Crippen molar-refractivity contribution in [3.8, 4) is 5.75 Å². The highest BCUT2D eigenvalue weighted by Gasteiger charge is 2.35. The molecule has 8 heteroatoms. The van der Waals surface area contributed by atoms with Crippen LogP contribution in [0, 0.1) is 0 Å². The van der Waals surface area contributed by atoms with Crippen LogP contribution in [0.2, 0.25) is 0 Å².